The predicted octanol–water partition coefficient (Wildman–Crippen LogP) is 1.85. The van der Waals surface area contributed by atoms with Crippen LogP contribution in [0.15, 0.2) is 23.7 Å². The highest BCUT2D eigenvalue weighted by Gasteiger charge is 2.32. The molecule has 1 saturated carbocycles. The maximum Gasteiger partial charge on any atom is 0.225 e. The molecule has 2 heterocycles. The lowest BCUT2D eigenvalue weighted by Gasteiger charge is -2.21. The Morgan fingerprint density at radius 3 is 2.81 bits per heavy atom. The second-order valence-electron chi connectivity index (χ2n) is 7.05. The highest BCUT2D eigenvalue weighted by Crippen LogP contribution is 2.27. The molecule has 7 nitrogen and oxygen atoms in total. The topological polar surface area (TPSA) is 74.6 Å². The smallest absolute Gasteiger partial charge is 0.225 e. The van der Waals surface area contributed by atoms with E-state index in [4.69, 9.17) is 0 Å². The molecule has 0 aromatic carbocycles. The molecular weight excluding hydrogens is 443 g/mol. The first-order valence-electron chi connectivity index (χ1n) is 9.48. The Balaban J connectivity index is 0.00000243. The van der Waals surface area contributed by atoms with E-state index >= 15 is 0 Å². The molecule has 1 unspecified atom stereocenters. The van der Waals surface area contributed by atoms with Crippen LogP contribution in [-0.4, -0.2) is 59.0 Å². The van der Waals surface area contributed by atoms with Crippen LogP contribution in [0, 0.1) is 5.92 Å². The fraction of sp³-hybridized carbons (Fsp3) is 0.722. The van der Waals surface area contributed by atoms with Gasteiger partial charge in [-0.3, -0.25) is 9.79 Å². The van der Waals surface area contributed by atoms with Crippen molar-refractivity contribution < 1.29 is 4.79 Å². The standard InChI is InChI=1S/C18H30N6O.HI/c1-19-18(21-8-4-10-23-12-9-20-14-23)22-16-7-11-24(13-16)17(25)15-5-2-3-6-15;/h9,12,14-16H,2-8,10-11,13H2,1H3,(H2,19,21,22);1H. The van der Waals surface area contributed by atoms with Crippen LogP contribution in [0.5, 0.6) is 0 Å². The molecule has 26 heavy (non-hydrogen) atoms. The Hall–Kier alpha value is -1.32. The summed E-state index contributed by atoms with van der Waals surface area (Å²) in [6.45, 7) is 3.46. The number of hydrogen-bond acceptors (Lipinski definition) is 3. The molecule has 2 fully saturated rings. The maximum atomic E-state index is 12.5. The zero-order valence-electron chi connectivity index (χ0n) is 15.6. The first kappa shape index (κ1) is 21.0. The van der Waals surface area contributed by atoms with Crippen molar-refractivity contribution in [1.82, 2.24) is 25.1 Å². The number of likely N-dealkylation sites (tertiary alicyclic amines) is 1. The number of imidazole rings is 1. The van der Waals surface area contributed by atoms with Crippen molar-refractivity contribution in [3.63, 3.8) is 0 Å². The van der Waals surface area contributed by atoms with Gasteiger partial charge in [0.1, 0.15) is 0 Å². The van der Waals surface area contributed by atoms with E-state index in [2.05, 4.69) is 25.2 Å². The van der Waals surface area contributed by atoms with Gasteiger partial charge in [0.15, 0.2) is 5.96 Å². The fourth-order valence-corrected chi connectivity index (χ4v) is 3.78. The number of rotatable bonds is 6. The van der Waals surface area contributed by atoms with E-state index < -0.39 is 0 Å². The molecule has 1 aromatic heterocycles. The zero-order chi connectivity index (χ0) is 17.5. The van der Waals surface area contributed by atoms with Gasteiger partial charge in [-0.05, 0) is 25.7 Å². The number of aryl methyl sites for hydroxylation is 1. The number of guanidine groups is 1. The third kappa shape index (κ3) is 5.85. The lowest BCUT2D eigenvalue weighted by atomic mass is 10.1. The van der Waals surface area contributed by atoms with Crippen LogP contribution in [0.3, 0.4) is 0 Å². The molecule has 2 N–H and O–H groups in total. The molecule has 1 aliphatic heterocycles. The van der Waals surface area contributed by atoms with E-state index in [1.807, 2.05) is 17.4 Å². The molecule has 1 atom stereocenters. The molecule has 0 bridgehead atoms. The van der Waals surface area contributed by atoms with Crippen molar-refractivity contribution in [1.29, 1.82) is 0 Å². The molecule has 1 aliphatic carbocycles. The number of nitrogens with zero attached hydrogens (tertiary/aromatic N) is 4. The van der Waals surface area contributed by atoms with E-state index in [1.54, 1.807) is 13.2 Å². The van der Waals surface area contributed by atoms with Crippen LogP contribution < -0.4 is 10.6 Å². The molecular formula is C18H31IN6O. The lowest BCUT2D eigenvalue weighted by molar-refractivity contribution is -0.134. The number of carbonyl (C=O) groups excluding carboxylic acids is 1. The first-order chi connectivity index (χ1) is 12.3. The van der Waals surface area contributed by atoms with Gasteiger partial charge >= 0.3 is 0 Å². The summed E-state index contributed by atoms with van der Waals surface area (Å²) in [6, 6.07) is 0.296. The van der Waals surface area contributed by atoms with Gasteiger partial charge in [-0.1, -0.05) is 12.8 Å². The fourth-order valence-electron chi connectivity index (χ4n) is 3.78. The predicted molar refractivity (Wildman–Crippen MR) is 114 cm³/mol. The summed E-state index contributed by atoms with van der Waals surface area (Å²) in [5.74, 6) is 1.47. The molecule has 0 radical (unpaired) electrons. The van der Waals surface area contributed by atoms with Crippen molar-refractivity contribution in [2.24, 2.45) is 10.9 Å². The summed E-state index contributed by atoms with van der Waals surface area (Å²) in [6.07, 6.45) is 12.2. The minimum absolute atomic E-state index is 0. The number of halogens is 1. The molecule has 1 saturated heterocycles. The van der Waals surface area contributed by atoms with Gasteiger partial charge in [-0.15, -0.1) is 24.0 Å². The summed E-state index contributed by atoms with van der Waals surface area (Å²) >= 11 is 0. The monoisotopic (exact) mass is 474 g/mol. The van der Waals surface area contributed by atoms with E-state index in [-0.39, 0.29) is 29.9 Å². The lowest BCUT2D eigenvalue weighted by Crippen LogP contribution is -2.45. The average Bonchev–Trinajstić information content (AvgIpc) is 3.39. The second kappa shape index (κ2) is 10.7. The Morgan fingerprint density at radius 1 is 1.31 bits per heavy atom. The van der Waals surface area contributed by atoms with Crippen LogP contribution in [0.4, 0.5) is 0 Å². The van der Waals surface area contributed by atoms with Crippen LogP contribution in [0.1, 0.15) is 38.5 Å². The summed E-state index contributed by atoms with van der Waals surface area (Å²) in [5.41, 5.74) is 0. The van der Waals surface area contributed by atoms with Crippen molar-refractivity contribution in [2.75, 3.05) is 26.7 Å². The van der Waals surface area contributed by atoms with E-state index in [1.165, 1.54) is 12.8 Å². The van der Waals surface area contributed by atoms with Crippen molar-refractivity contribution in [3.8, 4) is 0 Å². The minimum atomic E-state index is 0. The van der Waals surface area contributed by atoms with Gasteiger partial charge in [0.05, 0.1) is 6.33 Å². The summed E-state index contributed by atoms with van der Waals surface area (Å²) in [5, 5.41) is 6.82. The molecule has 1 aromatic rings. The molecule has 8 heteroatoms. The largest absolute Gasteiger partial charge is 0.356 e. The number of carbonyl (C=O) groups is 1. The molecule has 146 valence electrons. The normalized spacial score (nSPS) is 20.9. The second-order valence-corrected chi connectivity index (χ2v) is 7.05. The van der Waals surface area contributed by atoms with Crippen molar-refractivity contribution >= 4 is 35.8 Å². The van der Waals surface area contributed by atoms with Crippen LogP contribution >= 0.6 is 24.0 Å². The number of aromatic nitrogens is 2. The molecule has 1 amide bonds. The Bertz CT molecular complexity index is 570. The summed E-state index contributed by atoms with van der Waals surface area (Å²) in [4.78, 5) is 22.9. The van der Waals surface area contributed by atoms with Crippen LogP contribution in [0.25, 0.3) is 0 Å². The van der Waals surface area contributed by atoms with Crippen LogP contribution in [-0.2, 0) is 11.3 Å². The minimum Gasteiger partial charge on any atom is -0.356 e. The quantitative estimate of drug-likeness (QED) is 0.286. The third-order valence-corrected chi connectivity index (χ3v) is 5.21. The maximum absolute atomic E-state index is 12.5. The number of amides is 1. The van der Waals surface area contributed by atoms with Gasteiger partial charge < -0.3 is 20.1 Å². The Morgan fingerprint density at radius 2 is 2.12 bits per heavy atom. The van der Waals surface area contributed by atoms with Gasteiger partial charge in [-0.25, -0.2) is 4.98 Å². The highest BCUT2D eigenvalue weighted by atomic mass is 127. The third-order valence-electron chi connectivity index (χ3n) is 5.21. The Kier molecular flexibility index (Phi) is 8.67. The molecule has 0 spiro atoms. The average molecular weight is 474 g/mol. The first-order valence-corrected chi connectivity index (χ1v) is 9.48. The highest BCUT2D eigenvalue weighted by molar-refractivity contribution is 14.0. The Labute approximate surface area is 173 Å². The summed E-state index contributed by atoms with van der Waals surface area (Å²) < 4.78 is 2.07. The molecule has 3 rings (SSSR count). The molecule has 2 aliphatic rings. The number of nitrogens with one attached hydrogen (secondary N) is 2. The van der Waals surface area contributed by atoms with E-state index in [0.29, 0.717) is 11.9 Å². The van der Waals surface area contributed by atoms with Crippen LogP contribution in [0.2, 0.25) is 0 Å². The number of hydrogen-bond donors (Lipinski definition) is 2. The van der Waals surface area contributed by atoms with Gasteiger partial charge in [-0.2, -0.15) is 0 Å². The van der Waals surface area contributed by atoms with Gasteiger partial charge in [0, 0.05) is 57.6 Å². The van der Waals surface area contributed by atoms with Crippen molar-refractivity contribution in [3.05, 3.63) is 18.7 Å². The zero-order valence-corrected chi connectivity index (χ0v) is 17.9. The SMILES string of the molecule is CN=C(NCCCn1ccnc1)NC1CCN(C(=O)C2CCCC2)C1.I. The summed E-state index contributed by atoms with van der Waals surface area (Å²) in [7, 11) is 1.79. The number of aliphatic imine (C=N–C) groups is 1. The van der Waals surface area contributed by atoms with Crippen molar-refractivity contribution in [2.45, 2.75) is 51.1 Å². The van der Waals surface area contributed by atoms with Gasteiger partial charge in [0.25, 0.3) is 0 Å². The van der Waals surface area contributed by atoms with Gasteiger partial charge in [0.2, 0.25) is 5.91 Å². The van der Waals surface area contributed by atoms with E-state index in [9.17, 15) is 4.79 Å². The van der Waals surface area contributed by atoms with E-state index in [0.717, 1.165) is 57.8 Å².